The Kier molecular flexibility index (Phi) is 6.40. The number of carbonyl (C=O) groups excluding carboxylic acids is 2. The van der Waals surface area contributed by atoms with Gasteiger partial charge in [0.15, 0.2) is 11.5 Å². The van der Waals surface area contributed by atoms with E-state index in [0.29, 0.717) is 32.6 Å². The van der Waals surface area contributed by atoms with Crippen LogP contribution in [0.25, 0.3) is 21.0 Å². The molecule has 0 saturated carbocycles. The number of hydrogen-bond acceptors (Lipinski definition) is 5. The van der Waals surface area contributed by atoms with Gasteiger partial charge in [0.2, 0.25) is 0 Å². The van der Waals surface area contributed by atoms with Crippen LogP contribution in [0.1, 0.15) is 27.0 Å². The molecule has 6 nitrogen and oxygen atoms in total. The van der Waals surface area contributed by atoms with E-state index in [4.69, 9.17) is 4.74 Å². The largest absolute Gasteiger partial charge is 0.494 e. The van der Waals surface area contributed by atoms with Crippen molar-refractivity contribution >= 4 is 49.7 Å². The van der Waals surface area contributed by atoms with Crippen LogP contribution in [0.3, 0.4) is 0 Å². The number of para-hydroxylation sites is 2. The summed E-state index contributed by atoms with van der Waals surface area (Å²) in [7, 11) is 1.46. The third-order valence-electron chi connectivity index (χ3n) is 6.19. The van der Waals surface area contributed by atoms with Gasteiger partial charge in [0.25, 0.3) is 11.5 Å². The van der Waals surface area contributed by atoms with Crippen molar-refractivity contribution in [2.75, 3.05) is 18.6 Å². The van der Waals surface area contributed by atoms with Crippen molar-refractivity contribution in [1.29, 1.82) is 0 Å². The summed E-state index contributed by atoms with van der Waals surface area (Å²) in [4.78, 5) is 42.6. The minimum Gasteiger partial charge on any atom is -0.494 e. The van der Waals surface area contributed by atoms with Crippen molar-refractivity contribution in [1.82, 2.24) is 4.57 Å². The van der Waals surface area contributed by atoms with Gasteiger partial charge in [0.05, 0.1) is 23.9 Å². The fraction of sp³-hybridized carbons (Fsp3) is 0.138. The first-order valence-electron chi connectivity index (χ1n) is 11.6. The van der Waals surface area contributed by atoms with E-state index in [9.17, 15) is 14.4 Å². The number of carbonyl (C=O) groups is 2. The molecule has 180 valence electrons. The topological polar surface area (TPSA) is 68.6 Å². The fourth-order valence-corrected chi connectivity index (χ4v) is 5.72. The summed E-state index contributed by atoms with van der Waals surface area (Å²) in [5.41, 5.74) is 1.57. The van der Waals surface area contributed by atoms with E-state index in [1.165, 1.54) is 23.0 Å². The number of amides is 1. The molecule has 0 aliphatic rings. The van der Waals surface area contributed by atoms with Crippen LogP contribution < -0.4 is 15.2 Å². The monoisotopic (exact) mass is 496 g/mol. The zero-order valence-corrected chi connectivity index (χ0v) is 20.7. The van der Waals surface area contributed by atoms with Crippen molar-refractivity contribution < 1.29 is 14.3 Å². The Bertz CT molecular complexity index is 1640. The lowest BCUT2D eigenvalue weighted by atomic mass is 10.1. The Balaban J connectivity index is 1.71. The van der Waals surface area contributed by atoms with Crippen molar-refractivity contribution in [2.24, 2.45) is 0 Å². The molecule has 0 fully saturated rings. The molecule has 0 radical (unpaired) electrons. The number of aromatic nitrogens is 1. The van der Waals surface area contributed by atoms with Gasteiger partial charge in [-0.25, -0.2) is 0 Å². The van der Waals surface area contributed by atoms with Crippen LogP contribution in [0.2, 0.25) is 0 Å². The third kappa shape index (κ3) is 3.97. The third-order valence-corrected chi connectivity index (χ3v) is 7.38. The van der Waals surface area contributed by atoms with Gasteiger partial charge in [-0.1, -0.05) is 66.7 Å². The lowest BCUT2D eigenvalue weighted by Crippen LogP contribution is -2.30. The SMILES string of the molecule is CCN(C(=O)c1sc2c(c1OC)c(=O)n(CC(=O)c1ccccc1)c1ccccc21)c1ccccc1. The molecule has 0 unspecified atom stereocenters. The second kappa shape index (κ2) is 9.79. The predicted molar refractivity (Wildman–Crippen MR) is 145 cm³/mol. The minimum atomic E-state index is -0.358. The van der Waals surface area contributed by atoms with E-state index in [1.807, 2.05) is 67.6 Å². The lowest BCUT2D eigenvalue weighted by molar-refractivity contribution is 0.0969. The first-order valence-corrected chi connectivity index (χ1v) is 12.4. The summed E-state index contributed by atoms with van der Waals surface area (Å²) in [6.07, 6.45) is 0. The number of thiophene rings is 1. The van der Waals surface area contributed by atoms with E-state index >= 15 is 0 Å². The molecule has 5 rings (SSSR count). The summed E-state index contributed by atoms with van der Waals surface area (Å²) in [5.74, 6) is -0.169. The Labute approximate surface area is 212 Å². The van der Waals surface area contributed by atoms with Crippen LogP contribution >= 0.6 is 11.3 Å². The van der Waals surface area contributed by atoms with Gasteiger partial charge in [0.1, 0.15) is 10.3 Å². The maximum absolute atomic E-state index is 13.8. The molecule has 0 aliphatic heterocycles. The molecule has 0 saturated heterocycles. The van der Waals surface area contributed by atoms with E-state index < -0.39 is 0 Å². The number of ketones is 1. The number of rotatable bonds is 7. The minimum absolute atomic E-state index is 0.118. The van der Waals surface area contributed by atoms with E-state index in [1.54, 1.807) is 29.2 Å². The number of ether oxygens (including phenoxy) is 1. The maximum Gasteiger partial charge on any atom is 0.272 e. The molecular formula is C29H24N2O4S. The molecule has 7 heteroatoms. The molecule has 0 spiro atoms. The maximum atomic E-state index is 13.8. The van der Waals surface area contributed by atoms with Gasteiger partial charge in [-0.05, 0) is 25.1 Å². The zero-order chi connectivity index (χ0) is 25.2. The number of benzene rings is 3. The smallest absolute Gasteiger partial charge is 0.272 e. The van der Waals surface area contributed by atoms with Crippen molar-refractivity contribution in [3.8, 4) is 5.75 Å². The molecule has 3 aromatic carbocycles. The molecule has 0 bridgehead atoms. The highest BCUT2D eigenvalue weighted by atomic mass is 32.1. The molecule has 1 amide bonds. The normalized spacial score (nSPS) is 11.1. The van der Waals surface area contributed by atoms with Crippen LogP contribution in [0.15, 0.2) is 89.7 Å². The van der Waals surface area contributed by atoms with E-state index in [-0.39, 0.29) is 29.5 Å². The van der Waals surface area contributed by atoms with Gasteiger partial charge in [-0.3, -0.25) is 19.0 Å². The van der Waals surface area contributed by atoms with Crippen LogP contribution in [0, 0.1) is 0 Å². The van der Waals surface area contributed by atoms with Gasteiger partial charge in [-0.15, -0.1) is 11.3 Å². The van der Waals surface area contributed by atoms with E-state index in [0.717, 1.165) is 11.1 Å². The van der Waals surface area contributed by atoms with Crippen LogP contribution in [0.4, 0.5) is 5.69 Å². The van der Waals surface area contributed by atoms with Crippen LogP contribution in [-0.4, -0.2) is 29.9 Å². The highest BCUT2D eigenvalue weighted by molar-refractivity contribution is 7.22. The van der Waals surface area contributed by atoms with Crippen molar-refractivity contribution in [3.05, 3.63) is 106 Å². The molecule has 2 aromatic heterocycles. The number of methoxy groups -OCH3 is 1. The highest BCUT2D eigenvalue weighted by Gasteiger charge is 2.28. The standard InChI is InChI=1S/C29H24N2O4S/c1-3-30(20-14-8-5-9-15-20)29(34)27-25(35-2)24-26(36-27)21-16-10-11-17-22(21)31(28(24)33)18-23(32)19-12-6-4-7-13-19/h4-17H,3,18H2,1-2H3. The first-order chi connectivity index (χ1) is 17.5. The van der Waals surface area contributed by atoms with Gasteiger partial charge < -0.3 is 9.64 Å². The number of fused-ring (bicyclic) bond motifs is 3. The summed E-state index contributed by atoms with van der Waals surface area (Å²) < 4.78 is 7.84. The average Bonchev–Trinajstić information content (AvgIpc) is 3.32. The second-order valence-corrected chi connectivity index (χ2v) is 9.27. The zero-order valence-electron chi connectivity index (χ0n) is 19.9. The van der Waals surface area contributed by atoms with Crippen LogP contribution in [-0.2, 0) is 6.54 Å². The molecule has 0 N–H and O–H groups in total. The Hall–Kier alpha value is -4.23. The summed E-state index contributed by atoms with van der Waals surface area (Å²) >= 11 is 1.25. The summed E-state index contributed by atoms with van der Waals surface area (Å²) in [6.45, 7) is 2.24. The predicted octanol–water partition coefficient (Wildman–Crippen LogP) is 5.77. The van der Waals surface area contributed by atoms with Gasteiger partial charge in [-0.2, -0.15) is 0 Å². The van der Waals surface area contributed by atoms with Crippen molar-refractivity contribution in [2.45, 2.75) is 13.5 Å². The molecule has 2 heterocycles. The fourth-order valence-electron chi connectivity index (χ4n) is 4.47. The van der Waals surface area contributed by atoms with Gasteiger partial charge >= 0.3 is 0 Å². The molecule has 5 aromatic rings. The number of Topliss-reactive ketones (excluding diaryl/α,β-unsaturated/α-hetero) is 1. The molecule has 0 aliphatic carbocycles. The molecular weight excluding hydrogens is 472 g/mol. The summed E-state index contributed by atoms with van der Waals surface area (Å²) in [5, 5.41) is 1.10. The number of anilines is 1. The van der Waals surface area contributed by atoms with Crippen LogP contribution in [0.5, 0.6) is 5.75 Å². The highest BCUT2D eigenvalue weighted by Crippen LogP contribution is 2.40. The average molecular weight is 497 g/mol. The Morgan fingerprint density at radius 3 is 2.22 bits per heavy atom. The quantitative estimate of drug-likeness (QED) is 0.268. The number of pyridine rings is 1. The van der Waals surface area contributed by atoms with Crippen molar-refractivity contribution in [3.63, 3.8) is 0 Å². The second-order valence-electron chi connectivity index (χ2n) is 8.25. The van der Waals surface area contributed by atoms with Gasteiger partial charge in [0, 0.05) is 23.2 Å². The Morgan fingerprint density at radius 2 is 1.56 bits per heavy atom. The summed E-state index contributed by atoms with van der Waals surface area (Å²) in [6, 6.07) is 25.7. The molecule has 0 atom stereocenters. The molecule has 36 heavy (non-hydrogen) atoms. The number of nitrogens with zero attached hydrogens (tertiary/aromatic N) is 2. The van der Waals surface area contributed by atoms with E-state index in [2.05, 4.69) is 0 Å². The first kappa shape index (κ1) is 23.5. The Morgan fingerprint density at radius 1 is 0.917 bits per heavy atom. The lowest BCUT2D eigenvalue weighted by Gasteiger charge is -2.20. The number of hydrogen-bond donors (Lipinski definition) is 0.